The standard InChI is InChI=1S/C17H20FN3O3/c1-11(14-3-2-10-23-14)19-15(22)8-9-16-20-17(21-24-16)12-4-6-13(18)7-5-12/h4-7,11,14H,2-3,8-10H2,1H3,(H,19,22)/t11-,14+/m1/s1. The van der Waals surface area contributed by atoms with Crippen LogP contribution in [0.15, 0.2) is 28.8 Å². The van der Waals surface area contributed by atoms with E-state index in [9.17, 15) is 9.18 Å². The molecule has 6 nitrogen and oxygen atoms in total. The fourth-order valence-corrected chi connectivity index (χ4v) is 2.71. The monoisotopic (exact) mass is 333 g/mol. The minimum Gasteiger partial charge on any atom is -0.376 e. The van der Waals surface area contributed by atoms with Crippen LogP contribution in [-0.2, 0) is 16.0 Å². The van der Waals surface area contributed by atoms with E-state index in [-0.39, 0.29) is 30.3 Å². The highest BCUT2D eigenvalue weighted by atomic mass is 19.1. The molecule has 0 aliphatic carbocycles. The number of carbonyl (C=O) groups excluding carboxylic acids is 1. The minimum absolute atomic E-state index is 0.00235. The number of amides is 1. The average Bonchev–Trinajstić information content (AvgIpc) is 3.25. The first kappa shape index (κ1) is 16.6. The van der Waals surface area contributed by atoms with Gasteiger partial charge in [-0.2, -0.15) is 4.98 Å². The topological polar surface area (TPSA) is 77.3 Å². The molecule has 1 N–H and O–H groups in total. The molecule has 2 atom stereocenters. The lowest BCUT2D eigenvalue weighted by Gasteiger charge is -2.19. The Bertz CT molecular complexity index is 681. The second-order valence-corrected chi connectivity index (χ2v) is 5.93. The van der Waals surface area contributed by atoms with Gasteiger partial charge >= 0.3 is 0 Å². The summed E-state index contributed by atoms with van der Waals surface area (Å²) in [6.07, 6.45) is 2.74. The second-order valence-electron chi connectivity index (χ2n) is 5.93. The fourth-order valence-electron chi connectivity index (χ4n) is 2.71. The Morgan fingerprint density at radius 3 is 2.92 bits per heavy atom. The van der Waals surface area contributed by atoms with E-state index in [2.05, 4.69) is 15.5 Å². The summed E-state index contributed by atoms with van der Waals surface area (Å²) in [5.74, 6) is 0.381. The first-order valence-corrected chi connectivity index (χ1v) is 8.11. The molecule has 0 spiro atoms. The highest BCUT2D eigenvalue weighted by Gasteiger charge is 2.23. The number of nitrogens with zero attached hydrogens (tertiary/aromatic N) is 2. The molecule has 0 bridgehead atoms. The van der Waals surface area contributed by atoms with Crippen molar-refractivity contribution in [3.05, 3.63) is 36.0 Å². The number of aryl methyl sites for hydroxylation is 1. The predicted octanol–water partition coefficient (Wildman–Crippen LogP) is 2.49. The molecule has 1 aliphatic rings. The Kier molecular flexibility index (Phi) is 5.20. The van der Waals surface area contributed by atoms with Gasteiger partial charge in [-0.3, -0.25) is 4.79 Å². The van der Waals surface area contributed by atoms with Crippen LogP contribution in [0.1, 0.15) is 32.1 Å². The van der Waals surface area contributed by atoms with E-state index < -0.39 is 0 Å². The normalized spacial score (nSPS) is 18.5. The summed E-state index contributed by atoms with van der Waals surface area (Å²) in [5, 5.41) is 6.80. The highest BCUT2D eigenvalue weighted by Crippen LogP contribution is 2.17. The Hall–Kier alpha value is -2.28. The first-order valence-electron chi connectivity index (χ1n) is 8.11. The number of rotatable bonds is 6. The van der Waals surface area contributed by atoms with Crippen molar-refractivity contribution in [3.8, 4) is 11.4 Å². The molecule has 1 aromatic carbocycles. The van der Waals surface area contributed by atoms with Gasteiger partial charge in [0.05, 0.1) is 12.1 Å². The maximum Gasteiger partial charge on any atom is 0.227 e. The van der Waals surface area contributed by atoms with Gasteiger partial charge in [-0.05, 0) is 44.0 Å². The van der Waals surface area contributed by atoms with Crippen LogP contribution < -0.4 is 5.32 Å². The highest BCUT2D eigenvalue weighted by molar-refractivity contribution is 5.76. The van der Waals surface area contributed by atoms with Crippen LogP contribution in [0.25, 0.3) is 11.4 Å². The molecule has 128 valence electrons. The third-order valence-electron chi connectivity index (χ3n) is 4.05. The molecular formula is C17H20FN3O3. The van der Waals surface area contributed by atoms with Gasteiger partial charge in [0.2, 0.25) is 17.6 Å². The van der Waals surface area contributed by atoms with Gasteiger partial charge in [0.15, 0.2) is 0 Å². The molecule has 1 fully saturated rings. The van der Waals surface area contributed by atoms with Crippen molar-refractivity contribution in [1.82, 2.24) is 15.5 Å². The molecule has 1 aromatic heterocycles. The van der Waals surface area contributed by atoms with E-state index in [0.717, 1.165) is 19.4 Å². The number of ether oxygens (including phenoxy) is 1. The Morgan fingerprint density at radius 1 is 1.42 bits per heavy atom. The molecule has 3 rings (SSSR count). The van der Waals surface area contributed by atoms with Gasteiger partial charge in [-0.25, -0.2) is 4.39 Å². The molecule has 2 heterocycles. The van der Waals surface area contributed by atoms with E-state index in [1.54, 1.807) is 12.1 Å². The van der Waals surface area contributed by atoms with Crippen LogP contribution in [-0.4, -0.2) is 34.8 Å². The van der Waals surface area contributed by atoms with Crippen molar-refractivity contribution in [1.29, 1.82) is 0 Å². The second kappa shape index (κ2) is 7.53. The van der Waals surface area contributed by atoms with Gasteiger partial charge in [0.25, 0.3) is 0 Å². The van der Waals surface area contributed by atoms with Crippen LogP contribution in [0.4, 0.5) is 4.39 Å². The number of hydrogen-bond donors (Lipinski definition) is 1. The van der Waals surface area contributed by atoms with Crippen LogP contribution in [0.3, 0.4) is 0 Å². The van der Waals surface area contributed by atoms with Crippen molar-refractivity contribution in [3.63, 3.8) is 0 Å². The molecule has 1 saturated heterocycles. The third-order valence-corrected chi connectivity index (χ3v) is 4.05. The molecule has 0 radical (unpaired) electrons. The molecule has 7 heteroatoms. The van der Waals surface area contributed by atoms with E-state index in [4.69, 9.17) is 9.26 Å². The van der Waals surface area contributed by atoms with E-state index in [1.165, 1.54) is 12.1 Å². The summed E-state index contributed by atoms with van der Waals surface area (Å²) in [4.78, 5) is 16.2. The van der Waals surface area contributed by atoms with Crippen molar-refractivity contribution >= 4 is 5.91 Å². The van der Waals surface area contributed by atoms with E-state index >= 15 is 0 Å². The van der Waals surface area contributed by atoms with E-state index in [0.29, 0.717) is 23.7 Å². The molecule has 0 saturated carbocycles. The average molecular weight is 333 g/mol. The van der Waals surface area contributed by atoms with Crippen molar-refractivity contribution in [2.24, 2.45) is 0 Å². The number of carbonyl (C=O) groups is 1. The van der Waals surface area contributed by atoms with Crippen LogP contribution in [0, 0.1) is 5.82 Å². The summed E-state index contributed by atoms with van der Waals surface area (Å²) < 4.78 is 23.6. The molecule has 0 unspecified atom stereocenters. The smallest absolute Gasteiger partial charge is 0.227 e. The van der Waals surface area contributed by atoms with Crippen molar-refractivity contribution in [2.45, 2.75) is 44.8 Å². The van der Waals surface area contributed by atoms with Crippen molar-refractivity contribution in [2.75, 3.05) is 6.61 Å². The van der Waals surface area contributed by atoms with Gasteiger partial charge in [-0.15, -0.1) is 0 Å². The molecule has 24 heavy (non-hydrogen) atoms. The van der Waals surface area contributed by atoms with Gasteiger partial charge in [0, 0.05) is 25.0 Å². The lowest BCUT2D eigenvalue weighted by atomic mass is 10.1. The summed E-state index contributed by atoms with van der Waals surface area (Å²) in [5.41, 5.74) is 0.669. The maximum absolute atomic E-state index is 12.9. The quantitative estimate of drug-likeness (QED) is 0.879. The number of hydrogen-bond acceptors (Lipinski definition) is 5. The maximum atomic E-state index is 12.9. The fraction of sp³-hybridized carbons (Fsp3) is 0.471. The van der Waals surface area contributed by atoms with Gasteiger partial charge < -0.3 is 14.6 Å². The molecule has 2 aromatic rings. The number of nitrogens with one attached hydrogen (secondary N) is 1. The SMILES string of the molecule is C[C@@H](NC(=O)CCc1nc(-c2ccc(F)cc2)no1)[C@@H]1CCCO1. The van der Waals surface area contributed by atoms with Gasteiger partial charge in [-0.1, -0.05) is 5.16 Å². The lowest BCUT2D eigenvalue weighted by molar-refractivity contribution is -0.122. The number of aromatic nitrogens is 2. The summed E-state index contributed by atoms with van der Waals surface area (Å²) in [6, 6.07) is 5.84. The van der Waals surface area contributed by atoms with Crippen LogP contribution >= 0.6 is 0 Å². The minimum atomic E-state index is -0.320. The van der Waals surface area contributed by atoms with Crippen molar-refractivity contribution < 1.29 is 18.4 Å². The molecule has 1 amide bonds. The lowest BCUT2D eigenvalue weighted by Crippen LogP contribution is -2.40. The Balaban J connectivity index is 1.49. The van der Waals surface area contributed by atoms with Crippen LogP contribution in [0.2, 0.25) is 0 Å². The summed E-state index contributed by atoms with van der Waals surface area (Å²) >= 11 is 0. The predicted molar refractivity (Wildman–Crippen MR) is 84.6 cm³/mol. The molecule has 1 aliphatic heterocycles. The molecular weight excluding hydrogens is 313 g/mol. The zero-order valence-electron chi connectivity index (χ0n) is 13.5. The summed E-state index contributed by atoms with van der Waals surface area (Å²) in [7, 11) is 0. The van der Waals surface area contributed by atoms with Gasteiger partial charge in [0.1, 0.15) is 5.82 Å². The van der Waals surface area contributed by atoms with E-state index in [1.807, 2.05) is 6.92 Å². The number of halogens is 1. The first-order chi connectivity index (χ1) is 11.6. The Morgan fingerprint density at radius 2 is 2.21 bits per heavy atom. The third kappa shape index (κ3) is 4.17. The number of benzene rings is 1. The Labute approximate surface area is 139 Å². The zero-order chi connectivity index (χ0) is 16.9. The summed E-state index contributed by atoms with van der Waals surface area (Å²) in [6.45, 7) is 2.71. The largest absolute Gasteiger partial charge is 0.376 e. The van der Waals surface area contributed by atoms with Crippen LogP contribution in [0.5, 0.6) is 0 Å². The zero-order valence-corrected chi connectivity index (χ0v) is 13.5.